The minimum Gasteiger partial charge on any atom is -0.497 e. The Labute approximate surface area is 132 Å². The fourth-order valence-electron chi connectivity index (χ4n) is 1.93. The van der Waals surface area contributed by atoms with Crippen LogP contribution in [-0.2, 0) is 6.61 Å². The zero-order chi connectivity index (χ0) is 15.4. The molecule has 1 atom stereocenters. The van der Waals surface area contributed by atoms with E-state index in [2.05, 4.69) is 15.9 Å². The molecule has 0 fully saturated rings. The second kappa shape index (κ2) is 6.91. The first-order valence-corrected chi connectivity index (χ1v) is 7.31. The van der Waals surface area contributed by atoms with Gasteiger partial charge in [-0.05, 0) is 37.3 Å². The molecule has 0 aromatic heterocycles. The molecular weight excluding hydrogens is 337 g/mol. The monoisotopic (exact) mass is 353 g/mol. The lowest BCUT2D eigenvalue weighted by molar-refractivity contribution is 0.294. The maximum Gasteiger partial charge on any atom is 0.133 e. The smallest absolute Gasteiger partial charge is 0.133 e. The number of hydrogen-bond acceptors (Lipinski definition) is 3. The summed E-state index contributed by atoms with van der Waals surface area (Å²) in [5.41, 5.74) is 7.27. The fourth-order valence-corrected chi connectivity index (χ4v) is 2.31. The van der Waals surface area contributed by atoms with Crippen molar-refractivity contribution in [1.82, 2.24) is 0 Å². The first-order valence-electron chi connectivity index (χ1n) is 6.51. The van der Waals surface area contributed by atoms with Crippen molar-refractivity contribution < 1.29 is 13.9 Å². The molecule has 0 saturated carbocycles. The Morgan fingerprint density at radius 3 is 2.62 bits per heavy atom. The van der Waals surface area contributed by atoms with Crippen LogP contribution < -0.4 is 15.2 Å². The third-order valence-corrected chi connectivity index (χ3v) is 3.60. The first kappa shape index (κ1) is 15.8. The van der Waals surface area contributed by atoms with Crippen molar-refractivity contribution >= 4 is 15.9 Å². The lowest BCUT2D eigenvalue weighted by Crippen LogP contribution is -2.08. The third-order valence-electron chi connectivity index (χ3n) is 3.11. The average molecular weight is 354 g/mol. The highest BCUT2D eigenvalue weighted by atomic mass is 79.9. The molecule has 5 heteroatoms. The van der Waals surface area contributed by atoms with E-state index in [1.54, 1.807) is 12.1 Å². The van der Waals surface area contributed by atoms with Crippen molar-refractivity contribution in [2.45, 2.75) is 19.6 Å². The van der Waals surface area contributed by atoms with Crippen LogP contribution in [0.4, 0.5) is 4.39 Å². The van der Waals surface area contributed by atoms with E-state index in [4.69, 9.17) is 15.2 Å². The molecule has 0 saturated heterocycles. The normalized spacial score (nSPS) is 12.0. The molecule has 0 bridgehead atoms. The highest BCUT2D eigenvalue weighted by Crippen LogP contribution is 2.28. The van der Waals surface area contributed by atoms with Crippen molar-refractivity contribution in [3.05, 3.63) is 57.8 Å². The van der Waals surface area contributed by atoms with Crippen LogP contribution in [0.3, 0.4) is 0 Å². The van der Waals surface area contributed by atoms with Crippen LogP contribution in [0.1, 0.15) is 24.1 Å². The topological polar surface area (TPSA) is 44.5 Å². The molecule has 0 aliphatic heterocycles. The van der Waals surface area contributed by atoms with Gasteiger partial charge in [0.25, 0.3) is 0 Å². The van der Waals surface area contributed by atoms with Gasteiger partial charge in [-0.25, -0.2) is 4.39 Å². The summed E-state index contributed by atoms with van der Waals surface area (Å²) in [6.45, 7) is 2.01. The molecule has 112 valence electrons. The first-order chi connectivity index (χ1) is 10.0. The van der Waals surface area contributed by atoms with Crippen molar-refractivity contribution in [2.75, 3.05) is 7.11 Å². The minimum atomic E-state index is -0.353. The van der Waals surface area contributed by atoms with Gasteiger partial charge in [0.05, 0.1) is 7.11 Å². The summed E-state index contributed by atoms with van der Waals surface area (Å²) in [5, 5.41) is 0. The lowest BCUT2D eigenvalue weighted by atomic mass is 10.1. The van der Waals surface area contributed by atoms with Crippen molar-refractivity contribution in [3.63, 3.8) is 0 Å². The zero-order valence-corrected chi connectivity index (χ0v) is 13.5. The molecule has 2 aromatic carbocycles. The maximum absolute atomic E-state index is 13.9. The number of benzene rings is 2. The van der Waals surface area contributed by atoms with Crippen molar-refractivity contribution in [1.29, 1.82) is 0 Å². The van der Waals surface area contributed by atoms with Crippen LogP contribution in [0.25, 0.3) is 0 Å². The van der Waals surface area contributed by atoms with E-state index < -0.39 is 0 Å². The minimum absolute atomic E-state index is 0.136. The number of methoxy groups -OCH3 is 1. The highest BCUT2D eigenvalue weighted by molar-refractivity contribution is 9.10. The van der Waals surface area contributed by atoms with Crippen LogP contribution in [0.15, 0.2) is 40.9 Å². The van der Waals surface area contributed by atoms with E-state index >= 15 is 0 Å². The summed E-state index contributed by atoms with van der Waals surface area (Å²) in [7, 11) is 1.50. The van der Waals surface area contributed by atoms with Gasteiger partial charge in [-0.1, -0.05) is 15.9 Å². The van der Waals surface area contributed by atoms with Crippen molar-refractivity contribution in [2.24, 2.45) is 5.73 Å². The molecule has 0 amide bonds. The Morgan fingerprint density at radius 2 is 2.00 bits per heavy atom. The summed E-state index contributed by atoms with van der Waals surface area (Å²) < 4.78 is 25.5. The number of rotatable bonds is 5. The van der Waals surface area contributed by atoms with E-state index in [0.717, 1.165) is 10.0 Å². The molecule has 2 rings (SSSR count). The SMILES string of the molecule is COc1ccc(COc2ccc(Br)cc2C(C)N)c(F)c1. The molecule has 0 spiro atoms. The summed E-state index contributed by atoms with van der Waals surface area (Å²) >= 11 is 3.40. The Morgan fingerprint density at radius 1 is 1.24 bits per heavy atom. The Hall–Kier alpha value is -1.59. The summed E-state index contributed by atoms with van der Waals surface area (Å²) in [5.74, 6) is 0.786. The molecule has 0 heterocycles. The van der Waals surface area contributed by atoms with Gasteiger partial charge < -0.3 is 15.2 Å². The Kier molecular flexibility index (Phi) is 5.20. The van der Waals surface area contributed by atoms with Gasteiger partial charge in [-0.3, -0.25) is 0 Å². The standard InChI is InChI=1S/C16H17BrFNO2/c1-10(19)14-7-12(17)4-6-16(14)21-9-11-3-5-13(20-2)8-15(11)18/h3-8,10H,9,19H2,1-2H3. The summed E-state index contributed by atoms with van der Waals surface area (Å²) in [4.78, 5) is 0. The molecule has 2 aromatic rings. The Balaban J connectivity index is 2.16. The van der Waals surface area contributed by atoms with E-state index in [9.17, 15) is 4.39 Å². The molecular formula is C16H17BrFNO2. The van der Waals surface area contributed by atoms with Gasteiger partial charge in [0, 0.05) is 27.7 Å². The van der Waals surface area contributed by atoms with Crippen LogP contribution >= 0.6 is 15.9 Å². The number of nitrogens with two attached hydrogens (primary N) is 1. The fraction of sp³-hybridized carbons (Fsp3) is 0.250. The van der Waals surface area contributed by atoms with E-state index in [1.807, 2.05) is 25.1 Å². The Bertz CT molecular complexity index is 632. The number of ether oxygens (including phenoxy) is 2. The van der Waals surface area contributed by atoms with E-state index in [1.165, 1.54) is 13.2 Å². The summed E-state index contributed by atoms with van der Waals surface area (Å²) in [6.07, 6.45) is 0. The average Bonchev–Trinajstić information content (AvgIpc) is 2.46. The molecule has 21 heavy (non-hydrogen) atoms. The van der Waals surface area contributed by atoms with Crippen LogP contribution in [-0.4, -0.2) is 7.11 Å². The summed E-state index contributed by atoms with van der Waals surface area (Å²) in [6, 6.07) is 10.1. The molecule has 0 radical (unpaired) electrons. The van der Waals surface area contributed by atoms with Gasteiger partial charge in [-0.2, -0.15) is 0 Å². The third kappa shape index (κ3) is 3.95. The lowest BCUT2D eigenvalue weighted by Gasteiger charge is -2.15. The molecule has 1 unspecified atom stereocenters. The van der Waals surface area contributed by atoms with Crippen LogP contribution in [0.2, 0.25) is 0 Å². The van der Waals surface area contributed by atoms with Gasteiger partial charge in [-0.15, -0.1) is 0 Å². The largest absolute Gasteiger partial charge is 0.497 e. The number of halogens is 2. The predicted molar refractivity (Wildman–Crippen MR) is 84.0 cm³/mol. The molecule has 3 nitrogen and oxygen atoms in total. The quantitative estimate of drug-likeness (QED) is 0.876. The van der Waals surface area contributed by atoms with Crippen LogP contribution in [0, 0.1) is 5.82 Å². The second-order valence-corrected chi connectivity index (χ2v) is 5.63. The van der Waals surface area contributed by atoms with Gasteiger partial charge >= 0.3 is 0 Å². The van der Waals surface area contributed by atoms with E-state index in [0.29, 0.717) is 17.1 Å². The van der Waals surface area contributed by atoms with Crippen molar-refractivity contribution in [3.8, 4) is 11.5 Å². The predicted octanol–water partition coefficient (Wildman–Crippen LogP) is 4.20. The van der Waals surface area contributed by atoms with E-state index in [-0.39, 0.29) is 18.5 Å². The van der Waals surface area contributed by atoms with Gasteiger partial charge in [0.15, 0.2) is 0 Å². The van der Waals surface area contributed by atoms with Gasteiger partial charge in [0.2, 0.25) is 0 Å². The zero-order valence-electron chi connectivity index (χ0n) is 11.9. The molecule has 0 aliphatic rings. The highest BCUT2D eigenvalue weighted by Gasteiger charge is 2.11. The number of hydrogen-bond donors (Lipinski definition) is 1. The molecule has 2 N–H and O–H groups in total. The van der Waals surface area contributed by atoms with Crippen LogP contribution in [0.5, 0.6) is 11.5 Å². The molecule has 0 aliphatic carbocycles. The maximum atomic E-state index is 13.9. The second-order valence-electron chi connectivity index (χ2n) is 4.72. The van der Waals surface area contributed by atoms with Gasteiger partial charge in [0.1, 0.15) is 23.9 Å².